The zero-order chi connectivity index (χ0) is 13.9. The first-order valence-electron chi connectivity index (χ1n) is 6.31. The van der Waals surface area contributed by atoms with E-state index in [4.69, 9.17) is 16.3 Å². The highest BCUT2D eigenvalue weighted by molar-refractivity contribution is 6.32. The van der Waals surface area contributed by atoms with Crippen molar-refractivity contribution in [2.45, 2.75) is 18.9 Å². The molecule has 0 aliphatic heterocycles. The fourth-order valence-corrected chi connectivity index (χ4v) is 1.99. The average Bonchev–Trinajstić information content (AvgIpc) is 3.23. The third-order valence-electron chi connectivity index (χ3n) is 2.90. The molecule has 1 heterocycles. The molecule has 104 valence electrons. The Labute approximate surface area is 121 Å². The van der Waals surface area contributed by atoms with Crippen LogP contribution in [0, 0.1) is 0 Å². The monoisotopic (exact) mass is 291 g/mol. The van der Waals surface area contributed by atoms with Crippen LogP contribution in [-0.4, -0.2) is 28.3 Å². The Bertz CT molecular complexity index is 617. The predicted molar refractivity (Wildman–Crippen MR) is 77.8 cm³/mol. The largest absolute Gasteiger partial charge is 0.495 e. The second kappa shape index (κ2) is 5.50. The fraction of sp³-hybridized carbons (Fsp3) is 0.308. The van der Waals surface area contributed by atoms with Gasteiger partial charge in [0, 0.05) is 11.7 Å². The van der Waals surface area contributed by atoms with Crippen molar-refractivity contribution in [3.05, 3.63) is 29.4 Å². The summed E-state index contributed by atoms with van der Waals surface area (Å²) < 4.78 is 5.11. The van der Waals surface area contributed by atoms with Crippen molar-refractivity contribution in [2.24, 2.45) is 0 Å². The molecule has 1 aliphatic carbocycles. The summed E-state index contributed by atoms with van der Waals surface area (Å²) in [4.78, 5) is 4.35. The first kappa shape index (κ1) is 12.9. The van der Waals surface area contributed by atoms with E-state index in [1.54, 1.807) is 25.4 Å². The van der Waals surface area contributed by atoms with Crippen LogP contribution in [0.4, 0.5) is 17.5 Å². The van der Waals surface area contributed by atoms with E-state index < -0.39 is 0 Å². The Morgan fingerprint density at radius 3 is 2.90 bits per heavy atom. The summed E-state index contributed by atoms with van der Waals surface area (Å²) in [6, 6.07) is 5.90. The van der Waals surface area contributed by atoms with Gasteiger partial charge in [0.15, 0.2) is 5.82 Å². The Hall–Kier alpha value is -2.08. The van der Waals surface area contributed by atoms with E-state index >= 15 is 0 Å². The fourth-order valence-electron chi connectivity index (χ4n) is 1.74. The van der Waals surface area contributed by atoms with Gasteiger partial charge in [0.25, 0.3) is 0 Å². The van der Waals surface area contributed by atoms with Crippen molar-refractivity contribution in [3.63, 3.8) is 0 Å². The number of nitrogens with one attached hydrogen (secondary N) is 2. The number of aromatic nitrogens is 3. The van der Waals surface area contributed by atoms with Gasteiger partial charge in [-0.3, -0.25) is 0 Å². The molecule has 0 atom stereocenters. The van der Waals surface area contributed by atoms with Gasteiger partial charge in [0.05, 0.1) is 18.3 Å². The van der Waals surface area contributed by atoms with E-state index in [1.165, 1.54) is 12.8 Å². The van der Waals surface area contributed by atoms with Crippen molar-refractivity contribution in [1.29, 1.82) is 0 Å². The van der Waals surface area contributed by atoms with Crippen molar-refractivity contribution >= 4 is 29.1 Å². The molecule has 0 spiro atoms. The lowest BCUT2D eigenvalue weighted by atomic mass is 10.3. The molecule has 2 aromatic rings. The maximum atomic E-state index is 6.07. The summed E-state index contributed by atoms with van der Waals surface area (Å²) in [5.74, 6) is 1.78. The average molecular weight is 292 g/mol. The van der Waals surface area contributed by atoms with Gasteiger partial charge in [-0.1, -0.05) is 11.6 Å². The van der Waals surface area contributed by atoms with E-state index in [0.29, 0.717) is 22.8 Å². The molecule has 0 bridgehead atoms. The molecule has 6 nitrogen and oxygen atoms in total. The maximum absolute atomic E-state index is 6.07. The van der Waals surface area contributed by atoms with Crippen LogP contribution >= 0.6 is 11.6 Å². The SMILES string of the molecule is COc1ccc(Nc2nncc(NC3CC3)n2)cc1Cl. The Morgan fingerprint density at radius 1 is 1.35 bits per heavy atom. The predicted octanol–water partition coefficient (Wildman–Crippen LogP) is 2.85. The maximum Gasteiger partial charge on any atom is 0.249 e. The van der Waals surface area contributed by atoms with E-state index in [2.05, 4.69) is 25.8 Å². The standard InChI is InChI=1S/C13H14ClN5O/c1-20-11-5-4-9(6-10(11)14)17-13-18-12(7-15-19-13)16-8-2-3-8/h4-8H,2-3H2,1H3,(H2,16,17,18,19). The van der Waals surface area contributed by atoms with Crippen LogP contribution in [0.2, 0.25) is 5.02 Å². The van der Waals surface area contributed by atoms with Crippen LogP contribution in [0.15, 0.2) is 24.4 Å². The molecule has 1 aromatic heterocycles. The smallest absolute Gasteiger partial charge is 0.249 e. The molecule has 0 amide bonds. The minimum absolute atomic E-state index is 0.428. The number of halogens is 1. The Balaban J connectivity index is 1.74. The Kier molecular flexibility index (Phi) is 3.56. The summed E-state index contributed by atoms with van der Waals surface area (Å²) >= 11 is 6.07. The lowest BCUT2D eigenvalue weighted by molar-refractivity contribution is 0.415. The first-order valence-corrected chi connectivity index (χ1v) is 6.69. The lowest BCUT2D eigenvalue weighted by Gasteiger charge is -2.08. The van der Waals surface area contributed by atoms with Gasteiger partial charge in [0.2, 0.25) is 5.95 Å². The minimum Gasteiger partial charge on any atom is -0.495 e. The highest BCUT2D eigenvalue weighted by atomic mass is 35.5. The topological polar surface area (TPSA) is 72.0 Å². The second-order valence-electron chi connectivity index (χ2n) is 4.56. The summed E-state index contributed by atoms with van der Waals surface area (Å²) in [5.41, 5.74) is 0.779. The first-order chi connectivity index (χ1) is 9.74. The molecule has 7 heteroatoms. The zero-order valence-corrected chi connectivity index (χ0v) is 11.7. The molecule has 0 saturated heterocycles. The molecule has 2 N–H and O–H groups in total. The third kappa shape index (κ3) is 3.08. The third-order valence-corrected chi connectivity index (χ3v) is 3.19. The summed E-state index contributed by atoms with van der Waals surface area (Å²) in [5, 5.41) is 14.7. The summed E-state index contributed by atoms with van der Waals surface area (Å²) in [6.45, 7) is 0. The zero-order valence-electron chi connectivity index (χ0n) is 10.9. The molecular formula is C13H14ClN5O. The quantitative estimate of drug-likeness (QED) is 0.882. The van der Waals surface area contributed by atoms with E-state index in [-0.39, 0.29) is 0 Å². The van der Waals surface area contributed by atoms with E-state index in [0.717, 1.165) is 11.5 Å². The van der Waals surface area contributed by atoms with Crippen molar-refractivity contribution in [1.82, 2.24) is 15.2 Å². The van der Waals surface area contributed by atoms with Gasteiger partial charge in [-0.15, -0.1) is 5.10 Å². The number of hydrogen-bond donors (Lipinski definition) is 2. The molecule has 1 aliphatic rings. The number of hydrogen-bond acceptors (Lipinski definition) is 6. The van der Waals surface area contributed by atoms with Gasteiger partial charge in [-0.05, 0) is 31.0 Å². The van der Waals surface area contributed by atoms with Gasteiger partial charge in [-0.2, -0.15) is 10.1 Å². The number of rotatable bonds is 5. The molecule has 0 radical (unpaired) electrons. The highest BCUT2D eigenvalue weighted by Crippen LogP contribution is 2.28. The highest BCUT2D eigenvalue weighted by Gasteiger charge is 2.21. The van der Waals surface area contributed by atoms with Crippen LogP contribution in [0.1, 0.15) is 12.8 Å². The second-order valence-corrected chi connectivity index (χ2v) is 4.97. The number of methoxy groups -OCH3 is 1. The molecule has 3 rings (SSSR count). The van der Waals surface area contributed by atoms with Crippen LogP contribution in [-0.2, 0) is 0 Å². The number of anilines is 3. The van der Waals surface area contributed by atoms with Crippen molar-refractivity contribution < 1.29 is 4.74 Å². The van der Waals surface area contributed by atoms with Crippen LogP contribution < -0.4 is 15.4 Å². The molecule has 0 unspecified atom stereocenters. The molecule has 1 aromatic carbocycles. The number of benzene rings is 1. The number of ether oxygens (including phenoxy) is 1. The number of nitrogens with zero attached hydrogens (tertiary/aromatic N) is 3. The van der Waals surface area contributed by atoms with Crippen molar-refractivity contribution in [3.8, 4) is 5.75 Å². The van der Waals surface area contributed by atoms with Crippen LogP contribution in [0.25, 0.3) is 0 Å². The van der Waals surface area contributed by atoms with E-state index in [1.807, 2.05) is 6.07 Å². The van der Waals surface area contributed by atoms with Crippen LogP contribution in [0.5, 0.6) is 5.75 Å². The minimum atomic E-state index is 0.428. The summed E-state index contributed by atoms with van der Waals surface area (Å²) in [6.07, 6.45) is 3.98. The van der Waals surface area contributed by atoms with Crippen molar-refractivity contribution in [2.75, 3.05) is 17.7 Å². The molecule has 1 saturated carbocycles. The van der Waals surface area contributed by atoms with Gasteiger partial charge in [0.1, 0.15) is 5.75 Å². The normalized spacial score (nSPS) is 13.9. The lowest BCUT2D eigenvalue weighted by Crippen LogP contribution is -2.06. The van der Waals surface area contributed by atoms with Gasteiger partial charge in [-0.25, -0.2) is 0 Å². The van der Waals surface area contributed by atoms with Gasteiger partial charge >= 0.3 is 0 Å². The molecular weight excluding hydrogens is 278 g/mol. The van der Waals surface area contributed by atoms with Gasteiger partial charge < -0.3 is 15.4 Å². The van der Waals surface area contributed by atoms with Crippen LogP contribution in [0.3, 0.4) is 0 Å². The Morgan fingerprint density at radius 2 is 2.20 bits per heavy atom. The summed E-state index contributed by atoms with van der Waals surface area (Å²) in [7, 11) is 1.58. The molecule has 20 heavy (non-hydrogen) atoms. The van der Waals surface area contributed by atoms with E-state index in [9.17, 15) is 0 Å². The molecule has 1 fully saturated rings.